The van der Waals surface area contributed by atoms with Crippen LogP contribution in [-0.4, -0.2) is 18.5 Å². The lowest BCUT2D eigenvalue weighted by atomic mass is 9.47. The number of amides is 1. The largest absolute Gasteiger partial charge is 0.343 e. The van der Waals surface area contributed by atoms with Crippen LogP contribution in [0.25, 0.3) is 0 Å². The molecule has 4 fully saturated rings. The summed E-state index contributed by atoms with van der Waals surface area (Å²) in [5, 5.41) is 11.1. The molecular weight excluding hydrogens is 238 g/mol. The molecule has 4 rings (SSSR count). The number of hydrogen-bond acceptors (Lipinski definition) is 3. The average molecular weight is 261 g/mol. The second-order valence-electron chi connectivity index (χ2n) is 7.03. The van der Waals surface area contributed by atoms with Crippen molar-refractivity contribution in [1.29, 1.82) is 5.26 Å². The molecule has 3 N–H and O–H groups in total. The number of nitrogens with one attached hydrogen (secondary N) is 1. The zero-order valence-corrected chi connectivity index (χ0v) is 11.4. The second kappa shape index (κ2) is 4.79. The topological polar surface area (TPSA) is 78.9 Å². The van der Waals surface area contributed by atoms with Crippen molar-refractivity contribution in [3.05, 3.63) is 0 Å². The molecule has 0 spiro atoms. The minimum Gasteiger partial charge on any atom is -0.343 e. The first kappa shape index (κ1) is 12.9. The molecular formula is C15H23N3O. The van der Waals surface area contributed by atoms with Gasteiger partial charge in [-0.05, 0) is 61.7 Å². The van der Waals surface area contributed by atoms with Crippen LogP contribution in [0.3, 0.4) is 0 Å². The Hall–Kier alpha value is -1.08. The number of nitriles is 1. The van der Waals surface area contributed by atoms with E-state index in [2.05, 4.69) is 5.32 Å². The van der Waals surface area contributed by atoms with Gasteiger partial charge in [0.15, 0.2) is 0 Å². The number of rotatable bonds is 4. The van der Waals surface area contributed by atoms with E-state index < -0.39 is 0 Å². The van der Waals surface area contributed by atoms with Crippen molar-refractivity contribution in [1.82, 2.24) is 5.32 Å². The van der Waals surface area contributed by atoms with Crippen molar-refractivity contribution in [3.8, 4) is 6.07 Å². The number of nitrogens with two attached hydrogens (primary N) is 1. The molecule has 0 aromatic carbocycles. The molecule has 19 heavy (non-hydrogen) atoms. The third-order valence-corrected chi connectivity index (χ3v) is 5.64. The van der Waals surface area contributed by atoms with Crippen LogP contribution in [0.5, 0.6) is 0 Å². The molecule has 0 heterocycles. The number of carbonyl (C=O) groups excluding carboxylic acids is 1. The van der Waals surface area contributed by atoms with Gasteiger partial charge in [0.2, 0.25) is 5.91 Å². The monoisotopic (exact) mass is 261 g/mol. The van der Waals surface area contributed by atoms with E-state index in [-0.39, 0.29) is 23.9 Å². The number of nitrogens with zero attached hydrogens (tertiary/aromatic N) is 1. The summed E-state index contributed by atoms with van der Waals surface area (Å²) < 4.78 is 0. The van der Waals surface area contributed by atoms with Crippen molar-refractivity contribution in [3.63, 3.8) is 0 Å². The highest BCUT2D eigenvalue weighted by Gasteiger charge is 2.53. The molecule has 4 aliphatic rings. The Morgan fingerprint density at radius 2 is 1.79 bits per heavy atom. The van der Waals surface area contributed by atoms with E-state index in [9.17, 15) is 4.79 Å². The third-order valence-electron chi connectivity index (χ3n) is 5.64. The second-order valence-corrected chi connectivity index (χ2v) is 7.03. The minimum atomic E-state index is -0.0650. The maximum atomic E-state index is 11.8. The summed E-state index contributed by atoms with van der Waals surface area (Å²) in [6.07, 6.45) is 8.25. The standard InChI is InChI=1S/C15H23N3O/c16-1-2-18-14(19)6-13(17)15-7-10-3-11(8-15)5-12(4-10)9-15/h10-13H,2-9,17H2,(H,18,19). The molecule has 1 atom stereocenters. The predicted molar refractivity (Wildman–Crippen MR) is 71.8 cm³/mol. The van der Waals surface area contributed by atoms with Gasteiger partial charge in [-0.3, -0.25) is 4.79 Å². The molecule has 0 radical (unpaired) electrons. The Kier molecular flexibility index (Phi) is 3.26. The van der Waals surface area contributed by atoms with Crippen LogP contribution in [0.1, 0.15) is 44.9 Å². The van der Waals surface area contributed by atoms with E-state index in [4.69, 9.17) is 11.0 Å². The Labute approximate surface area is 114 Å². The van der Waals surface area contributed by atoms with Crippen LogP contribution in [-0.2, 0) is 4.79 Å². The van der Waals surface area contributed by atoms with Crippen LogP contribution >= 0.6 is 0 Å². The molecule has 0 aliphatic heterocycles. The summed E-state index contributed by atoms with van der Waals surface area (Å²) in [7, 11) is 0. The van der Waals surface area contributed by atoms with Crippen LogP contribution in [0.15, 0.2) is 0 Å². The van der Waals surface area contributed by atoms with Crippen molar-refractivity contribution in [2.24, 2.45) is 28.9 Å². The van der Waals surface area contributed by atoms with E-state index in [1.54, 1.807) is 0 Å². The zero-order chi connectivity index (χ0) is 13.5. The van der Waals surface area contributed by atoms with Gasteiger partial charge in [-0.15, -0.1) is 0 Å². The smallest absolute Gasteiger partial charge is 0.222 e. The van der Waals surface area contributed by atoms with Gasteiger partial charge < -0.3 is 11.1 Å². The summed E-state index contributed by atoms with van der Waals surface area (Å²) >= 11 is 0. The van der Waals surface area contributed by atoms with Crippen molar-refractivity contribution >= 4 is 5.91 Å². The van der Waals surface area contributed by atoms with Crippen LogP contribution in [0.2, 0.25) is 0 Å². The van der Waals surface area contributed by atoms with Gasteiger partial charge >= 0.3 is 0 Å². The Morgan fingerprint density at radius 1 is 1.26 bits per heavy atom. The van der Waals surface area contributed by atoms with Crippen LogP contribution in [0, 0.1) is 34.5 Å². The molecule has 0 saturated heterocycles. The first-order valence-corrected chi connectivity index (χ1v) is 7.50. The van der Waals surface area contributed by atoms with Gasteiger partial charge in [0, 0.05) is 12.5 Å². The summed E-state index contributed by atoms with van der Waals surface area (Å²) in [5.41, 5.74) is 6.62. The van der Waals surface area contributed by atoms with Crippen LogP contribution in [0.4, 0.5) is 0 Å². The number of hydrogen-bond donors (Lipinski definition) is 2. The fourth-order valence-electron chi connectivity index (χ4n) is 5.26. The van der Waals surface area contributed by atoms with Crippen molar-refractivity contribution < 1.29 is 4.79 Å². The summed E-state index contributed by atoms with van der Waals surface area (Å²) in [6.45, 7) is 0.0897. The first-order chi connectivity index (χ1) is 9.11. The highest BCUT2D eigenvalue weighted by Crippen LogP contribution is 2.61. The maximum absolute atomic E-state index is 11.8. The lowest BCUT2D eigenvalue weighted by molar-refractivity contribution is -0.124. The van der Waals surface area contributed by atoms with Gasteiger partial charge in [-0.25, -0.2) is 0 Å². The van der Waals surface area contributed by atoms with Crippen LogP contribution < -0.4 is 11.1 Å². The molecule has 1 unspecified atom stereocenters. The molecule has 0 aromatic heterocycles. The molecule has 0 aromatic rings. The Bertz CT molecular complexity index is 377. The lowest BCUT2D eigenvalue weighted by Crippen LogP contribution is -2.55. The predicted octanol–water partition coefficient (Wildman–Crippen LogP) is 1.56. The highest BCUT2D eigenvalue weighted by molar-refractivity contribution is 5.76. The number of carbonyl (C=O) groups is 1. The zero-order valence-electron chi connectivity index (χ0n) is 11.4. The maximum Gasteiger partial charge on any atom is 0.222 e. The summed E-state index contributed by atoms with van der Waals surface area (Å²) in [6, 6.07) is 1.91. The molecule has 4 nitrogen and oxygen atoms in total. The van der Waals surface area contributed by atoms with Gasteiger partial charge in [0.25, 0.3) is 0 Å². The molecule has 4 saturated carbocycles. The lowest BCUT2D eigenvalue weighted by Gasteiger charge is -2.58. The van der Waals surface area contributed by atoms with Gasteiger partial charge in [-0.1, -0.05) is 0 Å². The minimum absolute atomic E-state index is 0.0282. The molecule has 4 aliphatic carbocycles. The quantitative estimate of drug-likeness (QED) is 0.754. The Balaban J connectivity index is 1.64. The normalized spacial score (nSPS) is 40.7. The first-order valence-electron chi connectivity index (χ1n) is 7.50. The Morgan fingerprint density at radius 3 is 2.26 bits per heavy atom. The van der Waals surface area contributed by atoms with Gasteiger partial charge in [0.05, 0.1) is 6.07 Å². The molecule has 104 valence electrons. The van der Waals surface area contributed by atoms with E-state index in [0.29, 0.717) is 6.42 Å². The van der Waals surface area contributed by atoms with Crippen molar-refractivity contribution in [2.75, 3.05) is 6.54 Å². The third kappa shape index (κ3) is 2.36. The van der Waals surface area contributed by atoms with Gasteiger partial charge in [0.1, 0.15) is 6.54 Å². The SMILES string of the molecule is N#CCNC(=O)CC(N)C12CC3CC(CC(C3)C1)C2. The fourth-order valence-corrected chi connectivity index (χ4v) is 5.26. The fraction of sp³-hybridized carbons (Fsp3) is 0.867. The summed E-state index contributed by atoms with van der Waals surface area (Å²) in [4.78, 5) is 11.8. The molecule has 4 bridgehead atoms. The molecule has 4 heteroatoms. The summed E-state index contributed by atoms with van der Waals surface area (Å²) in [5.74, 6) is 2.52. The van der Waals surface area contributed by atoms with E-state index >= 15 is 0 Å². The van der Waals surface area contributed by atoms with Crippen molar-refractivity contribution in [2.45, 2.75) is 51.0 Å². The average Bonchev–Trinajstić information content (AvgIpc) is 2.34. The van der Waals surface area contributed by atoms with E-state index in [1.807, 2.05) is 6.07 Å². The van der Waals surface area contributed by atoms with E-state index in [1.165, 1.54) is 38.5 Å². The van der Waals surface area contributed by atoms with Gasteiger partial charge in [-0.2, -0.15) is 5.26 Å². The van der Waals surface area contributed by atoms with E-state index in [0.717, 1.165) is 17.8 Å². The molecule has 1 amide bonds. The highest BCUT2D eigenvalue weighted by atomic mass is 16.1.